The van der Waals surface area contributed by atoms with Crippen molar-refractivity contribution in [3.05, 3.63) is 41.5 Å². The summed E-state index contributed by atoms with van der Waals surface area (Å²) in [4.78, 5) is 12.1. The fourth-order valence-corrected chi connectivity index (χ4v) is 2.58. The lowest BCUT2D eigenvalue weighted by Gasteiger charge is -2.10. The lowest BCUT2D eigenvalue weighted by Crippen LogP contribution is -2.26. The molecule has 120 valence electrons. The predicted octanol–water partition coefficient (Wildman–Crippen LogP) is 1.92. The topological polar surface area (TPSA) is 92.8 Å². The summed E-state index contributed by atoms with van der Waals surface area (Å²) in [6, 6.07) is 5.79. The van der Waals surface area contributed by atoms with Gasteiger partial charge in [0.1, 0.15) is 11.5 Å². The minimum absolute atomic E-state index is 0.0736. The second kappa shape index (κ2) is 5.98. The molecule has 2 aromatic heterocycles. The van der Waals surface area contributed by atoms with E-state index in [1.165, 1.54) is 26.2 Å². The van der Waals surface area contributed by atoms with Crippen LogP contribution in [0.3, 0.4) is 0 Å². The highest BCUT2D eigenvalue weighted by molar-refractivity contribution is 7.88. The SMILES string of the molecule is Cc1ccc(C(C)NC(=O)c2ccc(S(=O)(=O)N(C)C)o2)o1. The summed E-state index contributed by atoms with van der Waals surface area (Å²) >= 11 is 0. The molecule has 0 fully saturated rings. The molecule has 0 bridgehead atoms. The second-order valence-corrected chi connectivity index (χ2v) is 7.13. The fourth-order valence-electron chi connectivity index (χ4n) is 1.79. The number of hydrogen-bond donors (Lipinski definition) is 1. The lowest BCUT2D eigenvalue weighted by molar-refractivity contribution is 0.0901. The van der Waals surface area contributed by atoms with Gasteiger partial charge in [0.25, 0.3) is 15.9 Å². The molecule has 1 N–H and O–H groups in total. The first-order valence-corrected chi connectivity index (χ1v) is 8.05. The highest BCUT2D eigenvalue weighted by Gasteiger charge is 2.24. The van der Waals surface area contributed by atoms with E-state index >= 15 is 0 Å². The Kier molecular flexibility index (Phi) is 4.43. The van der Waals surface area contributed by atoms with Crippen LogP contribution >= 0.6 is 0 Å². The number of amides is 1. The minimum Gasteiger partial charge on any atom is -0.464 e. The minimum atomic E-state index is -3.70. The molecule has 0 aliphatic heterocycles. The first kappa shape index (κ1) is 16.3. The van der Waals surface area contributed by atoms with Gasteiger partial charge in [0, 0.05) is 14.1 Å². The second-order valence-electron chi connectivity index (χ2n) is 5.05. The maximum absolute atomic E-state index is 12.1. The Labute approximate surface area is 128 Å². The number of hydrogen-bond acceptors (Lipinski definition) is 5. The van der Waals surface area contributed by atoms with Crippen LogP contribution in [-0.4, -0.2) is 32.7 Å². The third-order valence-corrected chi connectivity index (χ3v) is 4.76. The van der Waals surface area contributed by atoms with Crippen LogP contribution in [0.4, 0.5) is 0 Å². The molecule has 0 aliphatic carbocycles. The highest BCUT2D eigenvalue weighted by Crippen LogP contribution is 2.19. The smallest absolute Gasteiger partial charge is 0.287 e. The van der Waals surface area contributed by atoms with E-state index in [1.54, 1.807) is 19.1 Å². The molecule has 0 aliphatic rings. The van der Waals surface area contributed by atoms with Gasteiger partial charge in [0.2, 0.25) is 5.09 Å². The molecule has 7 nitrogen and oxygen atoms in total. The first-order chi connectivity index (χ1) is 10.2. The average Bonchev–Trinajstić information content (AvgIpc) is 3.07. The van der Waals surface area contributed by atoms with E-state index in [4.69, 9.17) is 8.83 Å². The van der Waals surface area contributed by atoms with E-state index in [0.29, 0.717) is 5.76 Å². The van der Waals surface area contributed by atoms with Crippen molar-refractivity contribution in [3.8, 4) is 0 Å². The number of nitrogens with zero attached hydrogens (tertiary/aromatic N) is 1. The van der Waals surface area contributed by atoms with Crippen LogP contribution in [0.2, 0.25) is 0 Å². The van der Waals surface area contributed by atoms with Crippen LogP contribution in [0.5, 0.6) is 0 Å². The van der Waals surface area contributed by atoms with Gasteiger partial charge in [-0.3, -0.25) is 4.79 Å². The number of carbonyl (C=O) groups is 1. The molecule has 0 saturated heterocycles. The van der Waals surface area contributed by atoms with Crippen LogP contribution in [0, 0.1) is 6.92 Å². The van der Waals surface area contributed by atoms with Gasteiger partial charge in [-0.05, 0) is 38.1 Å². The van der Waals surface area contributed by atoms with Crippen LogP contribution < -0.4 is 5.32 Å². The monoisotopic (exact) mass is 326 g/mol. The maximum atomic E-state index is 12.1. The number of rotatable bonds is 5. The summed E-state index contributed by atoms with van der Waals surface area (Å²) in [5.41, 5.74) is 0. The molecule has 0 aromatic carbocycles. The molecule has 0 spiro atoms. The third kappa shape index (κ3) is 3.23. The van der Waals surface area contributed by atoms with Crippen LogP contribution in [0.1, 0.15) is 35.0 Å². The molecule has 0 saturated carbocycles. The summed E-state index contributed by atoms with van der Waals surface area (Å²) in [6.45, 7) is 3.57. The van der Waals surface area contributed by atoms with Crippen molar-refractivity contribution >= 4 is 15.9 Å². The summed E-state index contributed by atoms with van der Waals surface area (Å²) in [6.07, 6.45) is 0. The molecule has 22 heavy (non-hydrogen) atoms. The number of nitrogens with one attached hydrogen (secondary N) is 1. The zero-order chi connectivity index (χ0) is 16.5. The zero-order valence-corrected chi connectivity index (χ0v) is 13.6. The quantitative estimate of drug-likeness (QED) is 0.906. The highest BCUT2D eigenvalue weighted by atomic mass is 32.2. The van der Waals surface area contributed by atoms with Gasteiger partial charge in [-0.2, -0.15) is 0 Å². The molecule has 1 amide bonds. The molecule has 0 radical (unpaired) electrons. The number of carbonyl (C=O) groups excluding carboxylic acids is 1. The van der Waals surface area contributed by atoms with Crippen LogP contribution in [-0.2, 0) is 10.0 Å². The van der Waals surface area contributed by atoms with E-state index in [-0.39, 0.29) is 16.9 Å². The van der Waals surface area contributed by atoms with E-state index in [9.17, 15) is 13.2 Å². The van der Waals surface area contributed by atoms with Crippen molar-refractivity contribution < 1.29 is 22.0 Å². The summed E-state index contributed by atoms with van der Waals surface area (Å²) in [5.74, 6) is 0.768. The Morgan fingerprint density at radius 3 is 2.41 bits per heavy atom. The van der Waals surface area contributed by atoms with Crippen molar-refractivity contribution in [2.45, 2.75) is 25.0 Å². The number of furan rings is 2. The summed E-state index contributed by atoms with van der Waals surface area (Å²) in [7, 11) is -0.923. The zero-order valence-electron chi connectivity index (χ0n) is 12.8. The molecule has 1 unspecified atom stereocenters. The fraction of sp³-hybridized carbons (Fsp3) is 0.357. The van der Waals surface area contributed by atoms with Gasteiger partial charge < -0.3 is 14.2 Å². The molecule has 2 aromatic rings. The van der Waals surface area contributed by atoms with Crippen molar-refractivity contribution in [2.75, 3.05) is 14.1 Å². The lowest BCUT2D eigenvalue weighted by atomic mass is 10.2. The maximum Gasteiger partial charge on any atom is 0.287 e. The van der Waals surface area contributed by atoms with Crippen molar-refractivity contribution in [1.82, 2.24) is 9.62 Å². The van der Waals surface area contributed by atoms with Gasteiger partial charge in [0.15, 0.2) is 5.76 Å². The van der Waals surface area contributed by atoms with Gasteiger partial charge in [-0.1, -0.05) is 0 Å². The Morgan fingerprint density at radius 2 is 1.86 bits per heavy atom. The predicted molar refractivity (Wildman–Crippen MR) is 78.9 cm³/mol. The Bertz CT molecular complexity index is 773. The average molecular weight is 326 g/mol. The Morgan fingerprint density at radius 1 is 1.18 bits per heavy atom. The van der Waals surface area contributed by atoms with E-state index in [1.807, 2.05) is 6.92 Å². The third-order valence-electron chi connectivity index (χ3n) is 3.08. The van der Waals surface area contributed by atoms with Crippen LogP contribution in [0.15, 0.2) is 38.2 Å². The van der Waals surface area contributed by atoms with Gasteiger partial charge in [-0.25, -0.2) is 12.7 Å². The van der Waals surface area contributed by atoms with Gasteiger partial charge in [-0.15, -0.1) is 0 Å². The molecule has 2 rings (SSSR count). The van der Waals surface area contributed by atoms with E-state index in [2.05, 4.69) is 5.32 Å². The summed E-state index contributed by atoms with van der Waals surface area (Å²) in [5, 5.41) is 2.41. The largest absolute Gasteiger partial charge is 0.464 e. The summed E-state index contributed by atoms with van der Waals surface area (Å²) < 4.78 is 35.4. The molecule has 1 atom stereocenters. The normalized spacial score (nSPS) is 13.3. The Balaban J connectivity index is 2.13. The van der Waals surface area contributed by atoms with E-state index in [0.717, 1.165) is 10.1 Å². The van der Waals surface area contributed by atoms with Crippen molar-refractivity contribution in [3.63, 3.8) is 0 Å². The standard InChI is InChI=1S/C14H18N2O5S/c1-9-5-6-11(20-9)10(2)15-14(17)12-7-8-13(21-12)22(18,19)16(3)4/h5-8,10H,1-4H3,(H,15,17). The Hall–Kier alpha value is -2.06. The van der Waals surface area contributed by atoms with Crippen molar-refractivity contribution in [2.24, 2.45) is 0 Å². The van der Waals surface area contributed by atoms with E-state index < -0.39 is 15.9 Å². The molecular weight excluding hydrogens is 308 g/mol. The number of aryl methyl sites for hydroxylation is 1. The molecule has 2 heterocycles. The van der Waals surface area contributed by atoms with Gasteiger partial charge in [0.05, 0.1) is 6.04 Å². The van der Waals surface area contributed by atoms with Gasteiger partial charge >= 0.3 is 0 Å². The molecule has 8 heteroatoms. The van der Waals surface area contributed by atoms with Crippen LogP contribution in [0.25, 0.3) is 0 Å². The molecular formula is C14H18N2O5S. The number of sulfonamides is 1. The van der Waals surface area contributed by atoms with Crippen molar-refractivity contribution in [1.29, 1.82) is 0 Å². The first-order valence-electron chi connectivity index (χ1n) is 6.61.